The second-order valence-corrected chi connectivity index (χ2v) is 5.27. The quantitative estimate of drug-likeness (QED) is 0.925. The van der Waals surface area contributed by atoms with Crippen LogP contribution in [0.4, 0.5) is 4.39 Å². The highest BCUT2D eigenvalue weighted by Crippen LogP contribution is 2.45. The van der Waals surface area contributed by atoms with Gasteiger partial charge < -0.3 is 9.88 Å². The number of amides is 1. The molecule has 20 heavy (non-hydrogen) atoms. The van der Waals surface area contributed by atoms with E-state index in [2.05, 4.69) is 10.3 Å². The van der Waals surface area contributed by atoms with Crippen molar-refractivity contribution < 1.29 is 9.18 Å². The Morgan fingerprint density at radius 2 is 2.10 bits per heavy atom. The van der Waals surface area contributed by atoms with E-state index in [4.69, 9.17) is 0 Å². The molecular weight excluding hydrogens is 257 g/mol. The van der Waals surface area contributed by atoms with Crippen molar-refractivity contribution in [2.24, 2.45) is 7.05 Å². The Kier molecular flexibility index (Phi) is 3.04. The van der Waals surface area contributed by atoms with Gasteiger partial charge in [-0.1, -0.05) is 12.1 Å². The van der Waals surface area contributed by atoms with Gasteiger partial charge in [0.1, 0.15) is 11.6 Å². The Bertz CT molecular complexity index is 629. The molecule has 0 bridgehead atoms. The Hall–Kier alpha value is -2.17. The zero-order valence-corrected chi connectivity index (χ0v) is 11.3. The minimum Gasteiger partial charge on any atom is -0.346 e. The third kappa shape index (κ3) is 2.43. The SMILES string of the molecule is Cn1ccnc1CC(=O)NC1(c2ccc(F)cc2)CC1. The summed E-state index contributed by atoms with van der Waals surface area (Å²) in [5.74, 6) is 0.419. The predicted molar refractivity (Wildman–Crippen MR) is 72.4 cm³/mol. The van der Waals surface area contributed by atoms with Crippen molar-refractivity contribution in [2.45, 2.75) is 24.8 Å². The third-order valence-electron chi connectivity index (χ3n) is 3.77. The molecule has 5 heteroatoms. The first-order valence-corrected chi connectivity index (χ1v) is 6.62. The lowest BCUT2D eigenvalue weighted by Crippen LogP contribution is -2.36. The number of halogens is 1. The normalized spacial score (nSPS) is 15.9. The Balaban J connectivity index is 1.69. The van der Waals surface area contributed by atoms with Crippen LogP contribution in [-0.2, 0) is 23.8 Å². The molecule has 0 spiro atoms. The lowest BCUT2D eigenvalue weighted by molar-refractivity contribution is -0.121. The molecule has 1 fully saturated rings. The van der Waals surface area contributed by atoms with Crippen LogP contribution >= 0.6 is 0 Å². The van der Waals surface area contributed by atoms with Gasteiger partial charge in [0, 0.05) is 19.4 Å². The summed E-state index contributed by atoms with van der Waals surface area (Å²) >= 11 is 0. The second kappa shape index (κ2) is 4.74. The standard InChI is InChI=1S/C15H16FN3O/c1-19-9-8-17-13(19)10-14(20)18-15(6-7-15)11-2-4-12(16)5-3-11/h2-5,8-9H,6-7,10H2,1H3,(H,18,20). The summed E-state index contributed by atoms with van der Waals surface area (Å²) in [4.78, 5) is 16.3. The van der Waals surface area contributed by atoms with Crippen molar-refractivity contribution in [3.63, 3.8) is 0 Å². The minimum atomic E-state index is -0.310. The summed E-state index contributed by atoms with van der Waals surface area (Å²) in [5.41, 5.74) is 0.655. The van der Waals surface area contributed by atoms with E-state index in [1.807, 2.05) is 17.8 Å². The van der Waals surface area contributed by atoms with Crippen LogP contribution in [0.2, 0.25) is 0 Å². The van der Waals surface area contributed by atoms with Gasteiger partial charge in [0.2, 0.25) is 5.91 Å². The van der Waals surface area contributed by atoms with E-state index in [9.17, 15) is 9.18 Å². The maximum Gasteiger partial charge on any atom is 0.228 e. The van der Waals surface area contributed by atoms with Gasteiger partial charge in [-0.2, -0.15) is 0 Å². The van der Waals surface area contributed by atoms with Crippen LogP contribution in [0.3, 0.4) is 0 Å². The lowest BCUT2D eigenvalue weighted by Gasteiger charge is -2.18. The van der Waals surface area contributed by atoms with Crippen LogP contribution in [0, 0.1) is 5.82 Å². The van der Waals surface area contributed by atoms with E-state index in [-0.39, 0.29) is 23.7 Å². The molecule has 0 atom stereocenters. The summed E-state index contributed by atoms with van der Waals surface area (Å²) in [5, 5.41) is 3.05. The number of imidazole rings is 1. The van der Waals surface area contributed by atoms with Gasteiger partial charge in [-0.05, 0) is 30.5 Å². The zero-order chi connectivity index (χ0) is 14.2. The van der Waals surface area contributed by atoms with Gasteiger partial charge in [0.05, 0.1) is 12.0 Å². The van der Waals surface area contributed by atoms with E-state index in [1.54, 1.807) is 18.3 Å². The average Bonchev–Trinajstić information content (AvgIpc) is 3.08. The molecule has 1 aliphatic carbocycles. The van der Waals surface area contributed by atoms with Gasteiger partial charge >= 0.3 is 0 Å². The number of hydrogen-bond acceptors (Lipinski definition) is 2. The molecule has 1 aliphatic rings. The molecule has 0 aliphatic heterocycles. The molecule has 1 heterocycles. The minimum absolute atomic E-state index is 0.0545. The van der Waals surface area contributed by atoms with Gasteiger partial charge in [0.25, 0.3) is 0 Å². The van der Waals surface area contributed by atoms with Crippen molar-refractivity contribution in [3.8, 4) is 0 Å². The van der Waals surface area contributed by atoms with Gasteiger partial charge in [0.15, 0.2) is 0 Å². The molecule has 104 valence electrons. The van der Waals surface area contributed by atoms with Gasteiger partial charge in [-0.15, -0.1) is 0 Å². The monoisotopic (exact) mass is 273 g/mol. The largest absolute Gasteiger partial charge is 0.346 e. The molecule has 0 radical (unpaired) electrons. The summed E-state index contributed by atoms with van der Waals surface area (Å²) in [7, 11) is 1.86. The average molecular weight is 273 g/mol. The van der Waals surface area contributed by atoms with Crippen molar-refractivity contribution in [1.82, 2.24) is 14.9 Å². The van der Waals surface area contributed by atoms with Crippen LogP contribution < -0.4 is 5.32 Å². The highest BCUT2D eigenvalue weighted by Gasteiger charge is 2.45. The molecule has 2 aromatic rings. The Morgan fingerprint density at radius 3 is 2.65 bits per heavy atom. The number of aryl methyl sites for hydroxylation is 1. The van der Waals surface area contributed by atoms with Crippen LogP contribution in [0.1, 0.15) is 24.2 Å². The molecule has 1 aromatic carbocycles. The first-order valence-electron chi connectivity index (χ1n) is 6.62. The van der Waals surface area contributed by atoms with E-state index >= 15 is 0 Å². The number of nitrogens with zero attached hydrogens (tertiary/aromatic N) is 2. The van der Waals surface area contributed by atoms with Crippen molar-refractivity contribution in [2.75, 3.05) is 0 Å². The van der Waals surface area contributed by atoms with E-state index in [1.165, 1.54) is 12.1 Å². The number of nitrogens with one attached hydrogen (secondary N) is 1. The fourth-order valence-corrected chi connectivity index (χ4v) is 2.40. The van der Waals surface area contributed by atoms with Gasteiger partial charge in [-0.3, -0.25) is 4.79 Å². The highest BCUT2D eigenvalue weighted by molar-refractivity contribution is 5.79. The highest BCUT2D eigenvalue weighted by atomic mass is 19.1. The van der Waals surface area contributed by atoms with Gasteiger partial charge in [-0.25, -0.2) is 9.37 Å². The number of carbonyl (C=O) groups excluding carboxylic acids is 1. The summed E-state index contributed by atoms with van der Waals surface area (Å²) < 4.78 is 14.8. The fraction of sp³-hybridized carbons (Fsp3) is 0.333. The summed E-state index contributed by atoms with van der Waals surface area (Å²) in [6, 6.07) is 6.34. The maximum atomic E-state index is 13.0. The summed E-state index contributed by atoms with van der Waals surface area (Å²) in [6.45, 7) is 0. The van der Waals surface area contributed by atoms with E-state index < -0.39 is 0 Å². The third-order valence-corrected chi connectivity index (χ3v) is 3.77. The smallest absolute Gasteiger partial charge is 0.228 e. The lowest BCUT2D eigenvalue weighted by atomic mass is 10.0. The van der Waals surface area contributed by atoms with E-state index in [0.29, 0.717) is 0 Å². The van der Waals surface area contributed by atoms with Crippen molar-refractivity contribution in [3.05, 3.63) is 53.9 Å². The van der Waals surface area contributed by atoms with E-state index in [0.717, 1.165) is 24.2 Å². The van der Waals surface area contributed by atoms with Crippen LogP contribution in [0.25, 0.3) is 0 Å². The molecule has 3 rings (SSSR count). The van der Waals surface area contributed by atoms with Crippen molar-refractivity contribution in [1.29, 1.82) is 0 Å². The number of hydrogen-bond donors (Lipinski definition) is 1. The number of carbonyl (C=O) groups is 1. The first-order chi connectivity index (χ1) is 9.59. The van der Waals surface area contributed by atoms with Crippen LogP contribution in [-0.4, -0.2) is 15.5 Å². The molecular formula is C15H16FN3O. The molecule has 4 nitrogen and oxygen atoms in total. The maximum absolute atomic E-state index is 13.0. The molecule has 1 N–H and O–H groups in total. The molecule has 1 aromatic heterocycles. The molecule has 1 saturated carbocycles. The number of aromatic nitrogens is 2. The molecule has 1 amide bonds. The Labute approximate surface area is 116 Å². The zero-order valence-electron chi connectivity index (χ0n) is 11.3. The number of rotatable bonds is 4. The molecule has 0 unspecified atom stereocenters. The summed E-state index contributed by atoms with van der Waals surface area (Å²) in [6.07, 6.45) is 5.53. The molecule has 0 saturated heterocycles. The van der Waals surface area contributed by atoms with Crippen LogP contribution in [0.15, 0.2) is 36.7 Å². The van der Waals surface area contributed by atoms with Crippen molar-refractivity contribution >= 4 is 5.91 Å². The van der Waals surface area contributed by atoms with Crippen LogP contribution in [0.5, 0.6) is 0 Å². The second-order valence-electron chi connectivity index (χ2n) is 5.27. The fourth-order valence-electron chi connectivity index (χ4n) is 2.40. The first kappa shape index (κ1) is 12.8. The number of benzene rings is 1. The topological polar surface area (TPSA) is 46.9 Å². The predicted octanol–water partition coefficient (Wildman–Crippen LogP) is 1.91. The Morgan fingerprint density at radius 1 is 1.40 bits per heavy atom.